The molecule has 0 radical (unpaired) electrons. The van der Waals surface area contributed by atoms with Gasteiger partial charge >= 0.3 is 6.18 Å². The Morgan fingerprint density at radius 3 is 2.59 bits per heavy atom. The highest BCUT2D eigenvalue weighted by molar-refractivity contribution is 7.91. The van der Waals surface area contributed by atoms with Crippen molar-refractivity contribution in [1.82, 2.24) is 0 Å². The van der Waals surface area contributed by atoms with Gasteiger partial charge in [0.1, 0.15) is 4.90 Å². The molecule has 0 saturated carbocycles. The van der Waals surface area contributed by atoms with Gasteiger partial charge in [-0.2, -0.15) is 13.2 Å². The van der Waals surface area contributed by atoms with Crippen molar-refractivity contribution in [3.8, 4) is 0 Å². The quantitative estimate of drug-likeness (QED) is 0.783. The van der Waals surface area contributed by atoms with Gasteiger partial charge in [-0.25, -0.2) is 8.42 Å². The summed E-state index contributed by atoms with van der Waals surface area (Å²) in [4.78, 5) is -0.634. The van der Waals surface area contributed by atoms with Crippen LogP contribution in [-0.4, -0.2) is 20.2 Å². The van der Waals surface area contributed by atoms with E-state index in [9.17, 15) is 21.6 Å². The lowest BCUT2D eigenvalue weighted by molar-refractivity contribution is -0.139. The van der Waals surface area contributed by atoms with E-state index < -0.39 is 32.5 Å². The molecule has 0 aliphatic carbocycles. The summed E-state index contributed by atoms with van der Waals surface area (Å²) in [6.07, 6.45) is -4.67. The van der Waals surface area contributed by atoms with E-state index >= 15 is 0 Å². The molecular weight excluding hydrogens is 255 g/mol. The molecule has 2 rings (SSSR count). The molecule has 1 aromatic rings. The summed E-state index contributed by atoms with van der Waals surface area (Å²) in [6, 6.07) is 2.93. The van der Waals surface area contributed by atoms with E-state index in [1.165, 1.54) is 12.1 Å². The molecule has 0 fully saturated rings. The lowest BCUT2D eigenvalue weighted by atomic mass is 10.1. The van der Waals surface area contributed by atoms with Crippen molar-refractivity contribution in [2.75, 3.05) is 11.1 Å². The second-order valence-corrected chi connectivity index (χ2v) is 5.98. The Morgan fingerprint density at radius 2 is 2.00 bits per heavy atom. The van der Waals surface area contributed by atoms with Crippen LogP contribution in [0.3, 0.4) is 0 Å². The standard InChI is InChI=1S/C10H10F3NO2S/c1-6-5-17(15,16)9-7(10(11,12)13)3-2-4-8(9)14-6/h2-4,6,14H,5H2,1H3. The summed E-state index contributed by atoms with van der Waals surface area (Å²) < 4.78 is 61.8. The molecule has 0 amide bonds. The first-order chi connectivity index (χ1) is 7.72. The van der Waals surface area contributed by atoms with Crippen LogP contribution < -0.4 is 5.32 Å². The lowest BCUT2D eigenvalue weighted by Gasteiger charge is -2.26. The van der Waals surface area contributed by atoms with Gasteiger partial charge in [0.2, 0.25) is 0 Å². The maximum Gasteiger partial charge on any atom is 0.417 e. The first kappa shape index (κ1) is 12.2. The van der Waals surface area contributed by atoms with E-state index in [4.69, 9.17) is 0 Å². The molecule has 0 bridgehead atoms. The molecule has 3 nitrogen and oxygen atoms in total. The number of sulfone groups is 1. The number of anilines is 1. The van der Waals surface area contributed by atoms with Gasteiger partial charge in [0.05, 0.1) is 17.0 Å². The maximum absolute atomic E-state index is 12.7. The predicted molar refractivity (Wildman–Crippen MR) is 56.6 cm³/mol. The van der Waals surface area contributed by atoms with Gasteiger partial charge in [-0.15, -0.1) is 0 Å². The molecule has 0 saturated heterocycles. The minimum absolute atomic E-state index is 0.0265. The SMILES string of the molecule is CC1CS(=O)(=O)c2c(cccc2C(F)(F)F)N1. The average molecular weight is 265 g/mol. The zero-order chi connectivity index (χ0) is 12.8. The first-order valence-electron chi connectivity index (χ1n) is 4.91. The van der Waals surface area contributed by atoms with Gasteiger partial charge in [0.15, 0.2) is 9.84 Å². The Kier molecular flexibility index (Phi) is 2.61. The Hall–Kier alpha value is -1.24. The molecule has 7 heteroatoms. The second kappa shape index (κ2) is 3.63. The summed E-state index contributed by atoms with van der Waals surface area (Å²) in [5.74, 6) is -0.326. The third-order valence-corrected chi connectivity index (χ3v) is 4.50. The maximum atomic E-state index is 12.7. The monoisotopic (exact) mass is 265 g/mol. The number of hydrogen-bond donors (Lipinski definition) is 1. The molecule has 1 heterocycles. The van der Waals surface area contributed by atoms with E-state index in [1.54, 1.807) is 6.92 Å². The lowest BCUT2D eigenvalue weighted by Crippen LogP contribution is -2.33. The number of benzene rings is 1. The number of nitrogens with one attached hydrogen (secondary N) is 1. The number of fused-ring (bicyclic) bond motifs is 1. The number of alkyl halides is 3. The zero-order valence-electron chi connectivity index (χ0n) is 8.88. The molecule has 0 spiro atoms. The summed E-state index contributed by atoms with van der Waals surface area (Å²) in [6.45, 7) is 1.61. The molecule has 17 heavy (non-hydrogen) atoms. The van der Waals surface area contributed by atoms with Crippen molar-refractivity contribution < 1.29 is 21.6 Å². The highest BCUT2D eigenvalue weighted by Gasteiger charge is 2.40. The van der Waals surface area contributed by atoms with Gasteiger partial charge in [-0.3, -0.25) is 0 Å². The summed E-state index contributed by atoms with van der Waals surface area (Å²) in [7, 11) is -3.89. The Bertz CT molecular complexity index is 551. The summed E-state index contributed by atoms with van der Waals surface area (Å²) in [5.41, 5.74) is -1.08. The predicted octanol–water partition coefficient (Wildman–Crippen LogP) is 2.29. The van der Waals surface area contributed by atoms with E-state index in [0.717, 1.165) is 6.07 Å². The molecule has 0 aromatic heterocycles. The Morgan fingerprint density at radius 1 is 1.35 bits per heavy atom. The fourth-order valence-electron chi connectivity index (χ4n) is 1.93. The molecule has 1 aliphatic rings. The topological polar surface area (TPSA) is 46.2 Å². The minimum atomic E-state index is -4.67. The highest BCUT2D eigenvalue weighted by atomic mass is 32.2. The van der Waals surface area contributed by atoms with Gasteiger partial charge in [-0.05, 0) is 19.1 Å². The van der Waals surface area contributed by atoms with Crippen molar-refractivity contribution in [3.63, 3.8) is 0 Å². The Balaban J connectivity index is 2.74. The van der Waals surface area contributed by atoms with E-state index in [0.29, 0.717) is 0 Å². The van der Waals surface area contributed by atoms with Crippen molar-refractivity contribution in [2.45, 2.75) is 24.0 Å². The van der Waals surface area contributed by atoms with Crippen LogP contribution in [0.2, 0.25) is 0 Å². The molecule has 94 valence electrons. The fraction of sp³-hybridized carbons (Fsp3) is 0.400. The number of rotatable bonds is 0. The van der Waals surface area contributed by atoms with Crippen LogP contribution in [0.1, 0.15) is 12.5 Å². The third kappa shape index (κ3) is 2.11. The Labute approximate surface area is 96.6 Å². The second-order valence-electron chi connectivity index (χ2n) is 4.01. The molecule has 1 unspecified atom stereocenters. The summed E-state index contributed by atoms with van der Waals surface area (Å²) >= 11 is 0. The van der Waals surface area contributed by atoms with Gasteiger partial charge < -0.3 is 5.32 Å². The van der Waals surface area contributed by atoms with E-state index in [1.807, 2.05) is 0 Å². The number of hydrogen-bond acceptors (Lipinski definition) is 3. The molecule has 1 aromatic carbocycles. The summed E-state index contributed by atoms with van der Waals surface area (Å²) in [5, 5.41) is 2.75. The average Bonchev–Trinajstić information content (AvgIpc) is 2.13. The molecular formula is C10H10F3NO2S. The first-order valence-corrected chi connectivity index (χ1v) is 6.56. The van der Waals surface area contributed by atoms with Crippen LogP contribution in [0.5, 0.6) is 0 Å². The molecule has 1 N–H and O–H groups in total. The highest BCUT2D eigenvalue weighted by Crippen LogP contribution is 2.40. The van der Waals surface area contributed by atoms with Crippen LogP contribution >= 0.6 is 0 Å². The smallest absolute Gasteiger partial charge is 0.380 e. The third-order valence-electron chi connectivity index (χ3n) is 2.50. The van der Waals surface area contributed by atoms with E-state index in [2.05, 4.69) is 5.32 Å². The zero-order valence-corrected chi connectivity index (χ0v) is 9.69. The van der Waals surface area contributed by atoms with Crippen LogP contribution in [0, 0.1) is 0 Å². The molecule has 1 aliphatic heterocycles. The van der Waals surface area contributed by atoms with Crippen molar-refractivity contribution in [1.29, 1.82) is 0 Å². The van der Waals surface area contributed by atoms with Gasteiger partial charge in [0, 0.05) is 6.04 Å². The van der Waals surface area contributed by atoms with Crippen molar-refractivity contribution in [3.05, 3.63) is 23.8 Å². The van der Waals surface area contributed by atoms with E-state index in [-0.39, 0.29) is 11.4 Å². The number of halogens is 3. The fourth-order valence-corrected chi connectivity index (χ4v) is 3.82. The van der Waals surface area contributed by atoms with Crippen molar-refractivity contribution in [2.24, 2.45) is 0 Å². The van der Waals surface area contributed by atoms with Crippen LogP contribution in [-0.2, 0) is 16.0 Å². The largest absolute Gasteiger partial charge is 0.417 e. The van der Waals surface area contributed by atoms with Crippen LogP contribution in [0.25, 0.3) is 0 Å². The normalized spacial score (nSPS) is 22.7. The van der Waals surface area contributed by atoms with Crippen molar-refractivity contribution >= 4 is 15.5 Å². The van der Waals surface area contributed by atoms with Crippen LogP contribution in [0.4, 0.5) is 18.9 Å². The minimum Gasteiger partial charge on any atom is -0.380 e. The van der Waals surface area contributed by atoms with Gasteiger partial charge in [0.25, 0.3) is 0 Å². The van der Waals surface area contributed by atoms with Crippen LogP contribution in [0.15, 0.2) is 23.1 Å². The van der Waals surface area contributed by atoms with Gasteiger partial charge in [-0.1, -0.05) is 6.07 Å². The molecule has 1 atom stereocenters.